The highest BCUT2D eigenvalue weighted by Gasteiger charge is 2.48. The Morgan fingerprint density at radius 3 is 2.16 bits per heavy atom. The van der Waals surface area contributed by atoms with Crippen LogP contribution in [0.2, 0.25) is 0 Å². The number of nitrogens with two attached hydrogens (primary N) is 1. The Morgan fingerprint density at radius 2 is 1.68 bits per heavy atom. The minimum atomic E-state index is -0.543. The lowest BCUT2D eigenvalue weighted by atomic mass is 9.90. The first-order chi connectivity index (χ1) is 11.8. The van der Waals surface area contributed by atoms with Gasteiger partial charge in [0.05, 0.1) is 5.54 Å². The van der Waals surface area contributed by atoms with Crippen LogP contribution in [0.15, 0.2) is 30.3 Å². The lowest BCUT2D eigenvalue weighted by molar-refractivity contribution is -0.136. The van der Waals surface area contributed by atoms with Gasteiger partial charge in [-0.05, 0) is 57.2 Å². The molecule has 1 aliphatic carbocycles. The van der Waals surface area contributed by atoms with E-state index < -0.39 is 5.54 Å². The van der Waals surface area contributed by atoms with Crippen molar-refractivity contribution in [3.8, 4) is 0 Å². The van der Waals surface area contributed by atoms with Gasteiger partial charge in [0.15, 0.2) is 0 Å². The van der Waals surface area contributed by atoms with Crippen LogP contribution in [0.1, 0.15) is 51.7 Å². The maximum atomic E-state index is 12.4. The predicted octanol–water partition coefficient (Wildman–Crippen LogP) is 2.98. The second-order valence-electron chi connectivity index (χ2n) is 8.04. The first kappa shape index (κ1) is 18.2. The zero-order valence-electron chi connectivity index (χ0n) is 16.0. The van der Waals surface area contributed by atoms with Gasteiger partial charge in [-0.15, -0.1) is 0 Å². The molecule has 4 heteroatoms. The molecule has 1 aromatic carbocycles. The Labute approximate surface area is 151 Å². The lowest BCUT2D eigenvalue weighted by Crippen LogP contribution is -2.57. The molecule has 0 bridgehead atoms. The molecule has 1 aliphatic heterocycles. The maximum Gasteiger partial charge on any atom is 0.242 e. The Kier molecular flexibility index (Phi) is 4.78. The highest BCUT2D eigenvalue weighted by molar-refractivity contribution is 5.89. The normalized spacial score (nSPS) is 21.3. The summed E-state index contributed by atoms with van der Waals surface area (Å²) in [6.07, 6.45) is 3.82. The minimum Gasteiger partial charge on any atom is -0.339 e. The van der Waals surface area contributed by atoms with E-state index in [2.05, 4.69) is 62.9 Å². The molecule has 0 aromatic heterocycles. The van der Waals surface area contributed by atoms with Crippen molar-refractivity contribution in [2.24, 2.45) is 5.73 Å². The Hall–Kier alpha value is -1.65. The second-order valence-corrected chi connectivity index (χ2v) is 8.04. The molecule has 2 fully saturated rings. The number of allylic oxidation sites excluding steroid dienone is 2. The molecule has 4 nitrogen and oxygen atoms in total. The monoisotopic (exact) mass is 341 g/mol. The van der Waals surface area contributed by atoms with Gasteiger partial charge < -0.3 is 10.6 Å². The maximum absolute atomic E-state index is 12.4. The molecule has 0 unspecified atom stereocenters. The van der Waals surface area contributed by atoms with Crippen LogP contribution in [0.25, 0.3) is 5.57 Å². The highest BCUT2D eigenvalue weighted by Crippen LogP contribution is 2.35. The average molecular weight is 341 g/mol. The molecule has 1 heterocycles. The van der Waals surface area contributed by atoms with Crippen LogP contribution in [-0.4, -0.2) is 47.4 Å². The fourth-order valence-corrected chi connectivity index (χ4v) is 3.62. The van der Waals surface area contributed by atoms with Crippen LogP contribution >= 0.6 is 0 Å². The molecule has 1 aromatic rings. The molecule has 3 rings (SSSR count). The third kappa shape index (κ3) is 3.51. The van der Waals surface area contributed by atoms with Gasteiger partial charge in [0.1, 0.15) is 0 Å². The zero-order chi connectivity index (χ0) is 18.2. The van der Waals surface area contributed by atoms with E-state index in [0.717, 1.165) is 39.0 Å². The van der Waals surface area contributed by atoms with E-state index >= 15 is 0 Å². The fourth-order valence-electron chi connectivity index (χ4n) is 3.62. The van der Waals surface area contributed by atoms with Crippen LogP contribution in [0.3, 0.4) is 0 Å². The van der Waals surface area contributed by atoms with Crippen LogP contribution in [-0.2, 0) is 10.3 Å². The van der Waals surface area contributed by atoms with Crippen molar-refractivity contribution in [1.82, 2.24) is 9.80 Å². The summed E-state index contributed by atoms with van der Waals surface area (Å²) in [5.74, 6) is 0.149. The van der Waals surface area contributed by atoms with E-state index in [1.807, 2.05) is 4.90 Å². The summed E-state index contributed by atoms with van der Waals surface area (Å²) in [5.41, 5.74) is 9.37. The molecule has 2 N–H and O–H groups in total. The summed E-state index contributed by atoms with van der Waals surface area (Å²) >= 11 is 0. The molecule has 2 aliphatic rings. The van der Waals surface area contributed by atoms with Gasteiger partial charge in [-0.1, -0.05) is 30.3 Å². The minimum absolute atomic E-state index is 0.0442. The van der Waals surface area contributed by atoms with Gasteiger partial charge in [-0.2, -0.15) is 0 Å². The van der Waals surface area contributed by atoms with Crippen LogP contribution in [0.5, 0.6) is 0 Å². The number of hydrogen-bond acceptors (Lipinski definition) is 3. The van der Waals surface area contributed by atoms with Crippen LogP contribution in [0.4, 0.5) is 0 Å². The Morgan fingerprint density at radius 1 is 1.12 bits per heavy atom. The molecule has 0 radical (unpaired) electrons. The molecular weight excluding hydrogens is 310 g/mol. The molecular formula is C21H31N3O. The molecule has 0 atom stereocenters. The first-order valence-corrected chi connectivity index (χ1v) is 9.35. The number of piperazine rings is 1. The number of benzene rings is 1. The van der Waals surface area contributed by atoms with Crippen molar-refractivity contribution < 1.29 is 4.79 Å². The summed E-state index contributed by atoms with van der Waals surface area (Å²) in [5, 5.41) is 0. The smallest absolute Gasteiger partial charge is 0.242 e. The third-order valence-corrected chi connectivity index (χ3v) is 6.05. The quantitative estimate of drug-likeness (QED) is 0.916. The van der Waals surface area contributed by atoms with Gasteiger partial charge in [0.2, 0.25) is 5.91 Å². The van der Waals surface area contributed by atoms with Gasteiger partial charge in [0.25, 0.3) is 0 Å². The van der Waals surface area contributed by atoms with Gasteiger partial charge in [-0.25, -0.2) is 0 Å². The van der Waals surface area contributed by atoms with Crippen LogP contribution in [0, 0.1) is 0 Å². The second kappa shape index (κ2) is 6.58. The number of hydrogen-bond donors (Lipinski definition) is 1. The van der Waals surface area contributed by atoms with Gasteiger partial charge in [-0.3, -0.25) is 9.69 Å². The predicted molar refractivity (Wildman–Crippen MR) is 103 cm³/mol. The van der Waals surface area contributed by atoms with Crippen molar-refractivity contribution in [1.29, 1.82) is 0 Å². The van der Waals surface area contributed by atoms with Crippen molar-refractivity contribution in [3.63, 3.8) is 0 Å². The summed E-state index contributed by atoms with van der Waals surface area (Å²) in [4.78, 5) is 16.8. The molecule has 1 saturated carbocycles. The third-order valence-electron chi connectivity index (χ3n) is 6.05. The molecule has 1 amide bonds. The van der Waals surface area contributed by atoms with Crippen molar-refractivity contribution in [2.45, 2.75) is 51.6 Å². The molecule has 25 heavy (non-hydrogen) atoms. The fraction of sp³-hybridized carbons (Fsp3) is 0.571. The van der Waals surface area contributed by atoms with E-state index in [4.69, 9.17) is 5.73 Å². The summed E-state index contributed by atoms with van der Waals surface area (Å²) in [7, 11) is 0. The first-order valence-electron chi connectivity index (χ1n) is 9.35. The summed E-state index contributed by atoms with van der Waals surface area (Å²) in [6, 6.07) is 8.88. The van der Waals surface area contributed by atoms with E-state index in [0.29, 0.717) is 0 Å². The SMILES string of the molecule is C/C=C(/C)c1ccc(C(C)(C)N2CCN(C(=O)C3(N)CC3)CC2)cc1. The average Bonchev–Trinajstić information content (AvgIpc) is 3.39. The molecule has 1 saturated heterocycles. The molecule has 0 spiro atoms. The molecule has 136 valence electrons. The number of rotatable bonds is 4. The standard InChI is InChI=1S/C21H31N3O/c1-5-16(2)17-6-8-18(9-7-17)20(3,4)24-14-12-23(13-15-24)19(25)21(22)10-11-21/h5-9H,10-15,22H2,1-4H3/b16-5-. The number of carbonyl (C=O) groups excluding carboxylic acids is 1. The number of carbonyl (C=O) groups is 1. The van der Waals surface area contributed by atoms with Crippen molar-refractivity contribution in [2.75, 3.05) is 26.2 Å². The lowest BCUT2D eigenvalue weighted by Gasteiger charge is -2.45. The van der Waals surface area contributed by atoms with Crippen molar-refractivity contribution in [3.05, 3.63) is 41.5 Å². The van der Waals surface area contributed by atoms with Gasteiger partial charge >= 0.3 is 0 Å². The Bertz CT molecular complexity index is 663. The van der Waals surface area contributed by atoms with E-state index in [1.54, 1.807) is 0 Å². The summed E-state index contributed by atoms with van der Waals surface area (Å²) < 4.78 is 0. The van der Waals surface area contributed by atoms with Gasteiger partial charge in [0, 0.05) is 31.7 Å². The summed E-state index contributed by atoms with van der Waals surface area (Å²) in [6.45, 7) is 12.1. The van der Waals surface area contributed by atoms with E-state index in [-0.39, 0.29) is 11.4 Å². The topological polar surface area (TPSA) is 49.6 Å². The van der Waals surface area contributed by atoms with Crippen LogP contribution < -0.4 is 5.73 Å². The highest BCUT2D eigenvalue weighted by atomic mass is 16.2. The zero-order valence-corrected chi connectivity index (χ0v) is 16.0. The Balaban J connectivity index is 1.66. The number of amides is 1. The number of nitrogens with zero attached hydrogens (tertiary/aromatic N) is 2. The van der Waals surface area contributed by atoms with E-state index in [1.165, 1.54) is 16.7 Å². The van der Waals surface area contributed by atoms with Crippen molar-refractivity contribution >= 4 is 11.5 Å². The van der Waals surface area contributed by atoms with E-state index in [9.17, 15) is 4.79 Å². The largest absolute Gasteiger partial charge is 0.339 e.